The summed E-state index contributed by atoms with van der Waals surface area (Å²) in [4.78, 5) is 10.6. The molecule has 2 saturated carbocycles. The van der Waals surface area contributed by atoms with Crippen LogP contribution in [0.5, 0.6) is 0 Å². The molecule has 0 heterocycles. The van der Waals surface area contributed by atoms with Crippen LogP contribution in [0.4, 0.5) is 5.69 Å². The Morgan fingerprint density at radius 2 is 2.00 bits per heavy atom. The number of nitro benzene ring substituents is 1. The Labute approximate surface area is 106 Å². The van der Waals surface area contributed by atoms with E-state index in [1.807, 2.05) is 12.1 Å². The average Bonchev–Trinajstić information content (AvgIpc) is 2.84. The van der Waals surface area contributed by atoms with Gasteiger partial charge in [0.2, 0.25) is 0 Å². The molecular formula is C14H18N2O2. The molecule has 1 aromatic rings. The van der Waals surface area contributed by atoms with Gasteiger partial charge in [-0.3, -0.25) is 10.1 Å². The van der Waals surface area contributed by atoms with Crippen LogP contribution in [-0.2, 0) is 6.42 Å². The first-order valence-electron chi connectivity index (χ1n) is 6.66. The van der Waals surface area contributed by atoms with Crippen molar-refractivity contribution in [1.82, 2.24) is 0 Å². The van der Waals surface area contributed by atoms with Gasteiger partial charge in [0.25, 0.3) is 5.69 Å². The lowest BCUT2D eigenvalue weighted by molar-refractivity contribution is -0.385. The Hall–Kier alpha value is -1.42. The van der Waals surface area contributed by atoms with Crippen molar-refractivity contribution in [3.63, 3.8) is 0 Å². The molecule has 0 aliphatic heterocycles. The van der Waals surface area contributed by atoms with E-state index in [0.29, 0.717) is 12.3 Å². The fourth-order valence-electron chi connectivity index (χ4n) is 3.76. The van der Waals surface area contributed by atoms with Crippen molar-refractivity contribution in [3.05, 3.63) is 39.9 Å². The number of hydrogen-bond donors (Lipinski definition) is 1. The maximum Gasteiger partial charge on any atom is 0.272 e. The SMILES string of the molecule is NC(Cc1ccccc1[N+](=O)[O-])C1C2CCCC21. The van der Waals surface area contributed by atoms with Crippen LogP contribution >= 0.6 is 0 Å². The Morgan fingerprint density at radius 1 is 1.33 bits per heavy atom. The number of nitrogens with two attached hydrogens (primary N) is 1. The van der Waals surface area contributed by atoms with Crippen LogP contribution in [0.2, 0.25) is 0 Å². The molecule has 0 saturated heterocycles. The van der Waals surface area contributed by atoms with E-state index in [9.17, 15) is 10.1 Å². The van der Waals surface area contributed by atoms with Crippen LogP contribution in [0, 0.1) is 27.9 Å². The second-order valence-corrected chi connectivity index (χ2v) is 5.59. The summed E-state index contributed by atoms with van der Waals surface area (Å²) in [5.41, 5.74) is 7.23. The molecule has 1 aromatic carbocycles. The zero-order valence-electron chi connectivity index (χ0n) is 10.3. The number of nitrogens with zero attached hydrogens (tertiary/aromatic N) is 1. The third kappa shape index (κ3) is 1.90. The minimum Gasteiger partial charge on any atom is -0.327 e. The molecule has 3 atom stereocenters. The fourth-order valence-corrected chi connectivity index (χ4v) is 3.76. The summed E-state index contributed by atoms with van der Waals surface area (Å²) in [6.07, 6.45) is 4.58. The normalized spacial score (nSPS) is 30.8. The molecule has 0 spiro atoms. The van der Waals surface area contributed by atoms with E-state index in [-0.39, 0.29) is 16.7 Å². The van der Waals surface area contributed by atoms with E-state index in [0.717, 1.165) is 17.4 Å². The van der Waals surface area contributed by atoms with Gasteiger partial charge in [-0.15, -0.1) is 0 Å². The molecule has 0 aromatic heterocycles. The van der Waals surface area contributed by atoms with Crippen LogP contribution in [0.25, 0.3) is 0 Å². The molecule has 0 radical (unpaired) electrons. The highest BCUT2D eigenvalue weighted by molar-refractivity contribution is 5.40. The Balaban J connectivity index is 1.71. The van der Waals surface area contributed by atoms with Gasteiger partial charge >= 0.3 is 0 Å². The van der Waals surface area contributed by atoms with Crippen molar-refractivity contribution >= 4 is 5.69 Å². The Kier molecular flexibility index (Phi) is 2.82. The number of nitro groups is 1. The number of hydrogen-bond acceptors (Lipinski definition) is 3. The van der Waals surface area contributed by atoms with Gasteiger partial charge in [0.1, 0.15) is 0 Å². The standard InChI is InChI=1S/C14H18N2O2/c15-12(14-10-5-3-6-11(10)14)8-9-4-1-2-7-13(9)16(17)18/h1-2,4,7,10-12,14H,3,5-6,8,15H2. The summed E-state index contributed by atoms with van der Waals surface area (Å²) in [6.45, 7) is 0. The molecule has 4 nitrogen and oxygen atoms in total. The Morgan fingerprint density at radius 3 is 2.67 bits per heavy atom. The zero-order chi connectivity index (χ0) is 12.7. The fraction of sp³-hybridized carbons (Fsp3) is 0.571. The van der Waals surface area contributed by atoms with Gasteiger partial charge in [0.15, 0.2) is 0 Å². The molecular weight excluding hydrogens is 228 g/mol. The van der Waals surface area contributed by atoms with Gasteiger partial charge in [-0.1, -0.05) is 24.6 Å². The number of fused-ring (bicyclic) bond motifs is 1. The summed E-state index contributed by atoms with van der Waals surface area (Å²) in [7, 11) is 0. The summed E-state index contributed by atoms with van der Waals surface area (Å²) >= 11 is 0. The molecule has 2 aliphatic rings. The van der Waals surface area contributed by atoms with E-state index in [1.165, 1.54) is 19.3 Å². The smallest absolute Gasteiger partial charge is 0.272 e. The molecule has 2 aliphatic carbocycles. The first-order valence-corrected chi connectivity index (χ1v) is 6.66. The van der Waals surface area contributed by atoms with Crippen molar-refractivity contribution in [2.45, 2.75) is 31.7 Å². The summed E-state index contributed by atoms with van der Waals surface area (Å²) < 4.78 is 0. The lowest BCUT2D eigenvalue weighted by Crippen LogP contribution is -2.27. The quantitative estimate of drug-likeness (QED) is 0.655. The van der Waals surface area contributed by atoms with Crippen LogP contribution in [-0.4, -0.2) is 11.0 Å². The minimum absolute atomic E-state index is 0.0846. The lowest BCUT2D eigenvalue weighted by Gasteiger charge is -2.13. The Bertz CT molecular complexity index is 465. The molecule has 3 unspecified atom stereocenters. The first-order chi connectivity index (χ1) is 8.68. The summed E-state index contributed by atoms with van der Waals surface area (Å²) in [5.74, 6) is 2.23. The minimum atomic E-state index is -0.310. The van der Waals surface area contributed by atoms with Gasteiger partial charge in [0.05, 0.1) is 4.92 Å². The second kappa shape index (κ2) is 4.35. The molecule has 0 bridgehead atoms. The van der Waals surface area contributed by atoms with Crippen molar-refractivity contribution in [2.75, 3.05) is 0 Å². The number of para-hydroxylation sites is 1. The number of rotatable bonds is 4. The van der Waals surface area contributed by atoms with Gasteiger partial charge < -0.3 is 5.73 Å². The third-order valence-electron chi connectivity index (χ3n) is 4.61. The predicted octanol–water partition coefficient (Wildman–Crippen LogP) is 2.51. The third-order valence-corrected chi connectivity index (χ3v) is 4.61. The topological polar surface area (TPSA) is 69.2 Å². The molecule has 18 heavy (non-hydrogen) atoms. The highest BCUT2D eigenvalue weighted by Gasteiger charge is 2.54. The van der Waals surface area contributed by atoms with Crippen LogP contribution in [0.3, 0.4) is 0 Å². The van der Waals surface area contributed by atoms with Crippen molar-refractivity contribution in [1.29, 1.82) is 0 Å². The molecule has 96 valence electrons. The predicted molar refractivity (Wildman–Crippen MR) is 69.1 cm³/mol. The van der Waals surface area contributed by atoms with Gasteiger partial charge in [-0.2, -0.15) is 0 Å². The van der Waals surface area contributed by atoms with E-state index >= 15 is 0 Å². The van der Waals surface area contributed by atoms with E-state index in [1.54, 1.807) is 12.1 Å². The van der Waals surface area contributed by atoms with Crippen LogP contribution in [0.1, 0.15) is 24.8 Å². The first kappa shape index (κ1) is 11.7. The van der Waals surface area contributed by atoms with Crippen molar-refractivity contribution in [3.8, 4) is 0 Å². The van der Waals surface area contributed by atoms with Crippen LogP contribution < -0.4 is 5.73 Å². The highest BCUT2D eigenvalue weighted by atomic mass is 16.6. The van der Waals surface area contributed by atoms with E-state index in [4.69, 9.17) is 5.73 Å². The maximum atomic E-state index is 10.9. The van der Waals surface area contributed by atoms with Gasteiger partial charge in [-0.05, 0) is 37.0 Å². The number of benzene rings is 1. The molecule has 3 rings (SSSR count). The van der Waals surface area contributed by atoms with Gasteiger partial charge in [0, 0.05) is 17.7 Å². The lowest BCUT2D eigenvalue weighted by atomic mass is 9.97. The monoisotopic (exact) mass is 246 g/mol. The molecule has 2 fully saturated rings. The van der Waals surface area contributed by atoms with Crippen LogP contribution in [0.15, 0.2) is 24.3 Å². The summed E-state index contributed by atoms with van der Waals surface area (Å²) in [6, 6.07) is 7.04. The summed E-state index contributed by atoms with van der Waals surface area (Å²) in [5, 5.41) is 10.9. The van der Waals surface area contributed by atoms with E-state index < -0.39 is 0 Å². The highest BCUT2D eigenvalue weighted by Crippen LogP contribution is 2.58. The van der Waals surface area contributed by atoms with Crippen molar-refractivity contribution in [2.24, 2.45) is 23.5 Å². The van der Waals surface area contributed by atoms with E-state index in [2.05, 4.69) is 0 Å². The largest absolute Gasteiger partial charge is 0.327 e. The average molecular weight is 246 g/mol. The maximum absolute atomic E-state index is 10.9. The molecule has 0 amide bonds. The molecule has 4 heteroatoms. The van der Waals surface area contributed by atoms with Gasteiger partial charge in [-0.25, -0.2) is 0 Å². The second-order valence-electron chi connectivity index (χ2n) is 5.59. The van der Waals surface area contributed by atoms with Crippen molar-refractivity contribution < 1.29 is 4.92 Å². The molecule has 2 N–H and O–H groups in total. The zero-order valence-corrected chi connectivity index (χ0v) is 10.3.